The minimum Gasteiger partial charge on any atom is -0.398 e. The summed E-state index contributed by atoms with van der Waals surface area (Å²) in [6, 6.07) is 8.30. The van der Waals surface area contributed by atoms with E-state index in [4.69, 9.17) is 23.6 Å². The molecule has 1 fully saturated rings. The van der Waals surface area contributed by atoms with Crippen molar-refractivity contribution in [2.75, 3.05) is 30.0 Å². The molecule has 1 saturated heterocycles. The second-order valence-electron chi connectivity index (χ2n) is 10.8. The lowest BCUT2D eigenvalue weighted by Crippen LogP contribution is -2.58. The molecule has 5 rings (SSSR count). The number of nitrogens with two attached hydrogens (primary N) is 1. The number of rotatable bonds is 5. The quantitative estimate of drug-likeness (QED) is 0.119. The lowest BCUT2D eigenvalue weighted by molar-refractivity contribution is 0.120. The largest absolute Gasteiger partial charge is 0.398 e. The summed E-state index contributed by atoms with van der Waals surface area (Å²) in [6.07, 6.45) is 5.64. The molecule has 1 unspecified atom stereocenters. The van der Waals surface area contributed by atoms with Crippen LogP contribution in [0, 0.1) is 13.8 Å². The Kier molecular flexibility index (Phi) is 8.31. The van der Waals surface area contributed by atoms with Gasteiger partial charge in [0.05, 0.1) is 16.9 Å². The van der Waals surface area contributed by atoms with E-state index in [2.05, 4.69) is 70.4 Å². The van der Waals surface area contributed by atoms with Crippen LogP contribution < -0.4 is 16.1 Å². The Labute approximate surface area is 262 Å². The Bertz CT molecular complexity index is 1650. The van der Waals surface area contributed by atoms with Crippen LogP contribution in [0.5, 0.6) is 0 Å². The van der Waals surface area contributed by atoms with Crippen molar-refractivity contribution in [3.63, 3.8) is 0 Å². The van der Waals surface area contributed by atoms with Crippen molar-refractivity contribution in [3.05, 3.63) is 89.1 Å². The summed E-state index contributed by atoms with van der Waals surface area (Å²) in [6.45, 7) is 22.5. The molecule has 1 aromatic carbocycles. The summed E-state index contributed by atoms with van der Waals surface area (Å²) in [5.41, 5.74) is 13.7. The van der Waals surface area contributed by atoms with Gasteiger partial charge in [-0.2, -0.15) is 0 Å². The van der Waals surface area contributed by atoms with Crippen molar-refractivity contribution >= 4 is 64.0 Å². The summed E-state index contributed by atoms with van der Waals surface area (Å²) in [4.78, 5) is 22.7. The molecule has 0 amide bonds. The number of benzene rings is 1. The van der Waals surface area contributed by atoms with E-state index in [1.54, 1.807) is 18.0 Å². The van der Waals surface area contributed by atoms with E-state index in [-0.39, 0.29) is 12.1 Å². The van der Waals surface area contributed by atoms with Gasteiger partial charge in [0, 0.05) is 53.2 Å². The van der Waals surface area contributed by atoms with Gasteiger partial charge in [-0.1, -0.05) is 36.8 Å². The second-order valence-corrected chi connectivity index (χ2v) is 12.4. The topological polar surface area (TPSA) is 73.9 Å². The number of aryl methyl sites for hydroxylation is 2. The van der Waals surface area contributed by atoms with Crippen molar-refractivity contribution in [3.8, 4) is 11.3 Å². The number of halogens is 1. The maximum atomic E-state index is 6.61. The third kappa shape index (κ3) is 5.05. The van der Waals surface area contributed by atoms with E-state index in [1.165, 1.54) is 0 Å². The zero-order chi connectivity index (χ0) is 30.5. The Morgan fingerprint density at radius 2 is 1.90 bits per heavy atom. The van der Waals surface area contributed by atoms with Crippen LogP contribution in [0.15, 0.2) is 82.3 Å². The van der Waals surface area contributed by atoms with Gasteiger partial charge in [0.1, 0.15) is 24.1 Å². The molecule has 0 aliphatic carbocycles. The summed E-state index contributed by atoms with van der Waals surface area (Å²) in [5, 5.41) is 0. The van der Waals surface area contributed by atoms with Crippen molar-refractivity contribution in [1.29, 1.82) is 0 Å². The number of hydrogen-bond donors (Lipinski definition) is 1. The lowest BCUT2D eigenvalue weighted by Gasteiger charge is -2.48. The Morgan fingerprint density at radius 1 is 1.17 bits per heavy atom. The molecular weight excluding hydrogens is 605 g/mol. The highest BCUT2D eigenvalue weighted by Crippen LogP contribution is 2.45. The van der Waals surface area contributed by atoms with Gasteiger partial charge in [0.2, 0.25) is 0 Å². The third-order valence-electron chi connectivity index (χ3n) is 8.02. The maximum absolute atomic E-state index is 6.61. The number of pyridine rings is 2. The van der Waals surface area contributed by atoms with Crippen molar-refractivity contribution in [1.82, 2.24) is 19.8 Å². The Balaban J connectivity index is 1.74. The number of amidine groups is 1. The van der Waals surface area contributed by atoms with Crippen LogP contribution in [0.25, 0.3) is 11.3 Å². The van der Waals surface area contributed by atoms with Crippen molar-refractivity contribution < 1.29 is 0 Å². The molecule has 2 atom stereocenters. The first-order chi connectivity index (χ1) is 20.0. The highest BCUT2D eigenvalue weighted by molar-refractivity contribution is 9.10. The first kappa shape index (κ1) is 30.0. The molecule has 0 spiro atoms. The monoisotopic (exact) mass is 639 g/mol. The zero-order valence-corrected chi connectivity index (χ0v) is 27.2. The molecule has 7 nitrogen and oxygen atoms in total. The van der Waals surface area contributed by atoms with Gasteiger partial charge in [0.15, 0.2) is 5.82 Å². The molecule has 2 N–H and O–H groups in total. The van der Waals surface area contributed by atoms with E-state index in [0.29, 0.717) is 27.4 Å². The minimum atomic E-state index is 0.152. The number of nitrogens with zero attached hydrogens (tertiary/aromatic N) is 6. The SMILES string of the molecule is [B]c1c(C)ccc(N)c1-c1nc2c(cc1C)C(N1C[C@@H](C)N(C(=C)C=C)CC1C)=NC(=C)N2c1c(SC)ccnc1Br. The number of piperazine rings is 1. The average Bonchev–Trinajstić information content (AvgIpc) is 2.96. The third-order valence-corrected chi connectivity index (χ3v) is 9.37. The maximum Gasteiger partial charge on any atom is 0.150 e. The van der Waals surface area contributed by atoms with Crippen LogP contribution in [0.3, 0.4) is 0 Å². The standard InChI is InChI=1S/C32H35BBrN7S/c1-9-19(4)39-15-21(6)40(16-20(39)5)31-23-14-18(3)28(26-24(35)11-10-17(2)27(26)33)38-32(23)41(22(7)37-31)29-25(42-8)12-13-36-30(29)34/h9-14,20-21H,1,4,7,15-16,35H2,2-3,5-6,8H3/t20-,21?/m1/s1. The highest BCUT2D eigenvalue weighted by atomic mass is 79.9. The number of thioether (sulfide) groups is 1. The predicted octanol–water partition coefficient (Wildman–Crippen LogP) is 6.08. The number of allylic oxidation sites excluding steroid dienone is 1. The smallest absolute Gasteiger partial charge is 0.150 e. The number of aliphatic imine (C=N–C) groups is 1. The Morgan fingerprint density at radius 3 is 2.60 bits per heavy atom. The van der Waals surface area contributed by atoms with Gasteiger partial charge in [-0.3, -0.25) is 4.90 Å². The fraction of sp³-hybridized carbons (Fsp3) is 0.281. The first-order valence-corrected chi connectivity index (χ1v) is 15.8. The van der Waals surface area contributed by atoms with E-state index in [9.17, 15) is 0 Å². The number of fused-ring (bicyclic) bond motifs is 1. The normalized spacial score (nSPS) is 18.6. The fourth-order valence-corrected chi connectivity index (χ4v) is 6.94. The molecule has 214 valence electrons. The van der Waals surface area contributed by atoms with Crippen LogP contribution >= 0.6 is 27.7 Å². The number of hydrogen-bond acceptors (Lipinski definition) is 8. The van der Waals surface area contributed by atoms with Gasteiger partial charge in [-0.05, 0) is 79.7 Å². The molecule has 2 radical (unpaired) electrons. The van der Waals surface area contributed by atoms with Crippen molar-refractivity contribution in [2.45, 2.75) is 44.7 Å². The van der Waals surface area contributed by atoms with Gasteiger partial charge in [0.25, 0.3) is 0 Å². The molecule has 4 heterocycles. The number of aromatic nitrogens is 2. The van der Waals surface area contributed by atoms with E-state index < -0.39 is 0 Å². The first-order valence-electron chi connectivity index (χ1n) is 13.8. The lowest BCUT2D eigenvalue weighted by atomic mass is 9.83. The second kappa shape index (κ2) is 11.6. The molecule has 2 aliphatic rings. The van der Waals surface area contributed by atoms with Crippen LogP contribution in [0.2, 0.25) is 0 Å². The predicted molar refractivity (Wildman–Crippen MR) is 182 cm³/mol. The van der Waals surface area contributed by atoms with E-state index in [0.717, 1.165) is 63.2 Å². The van der Waals surface area contributed by atoms with Gasteiger partial charge < -0.3 is 15.5 Å². The zero-order valence-electron chi connectivity index (χ0n) is 24.8. The van der Waals surface area contributed by atoms with Gasteiger partial charge in [-0.15, -0.1) is 11.8 Å². The molecule has 2 aliphatic heterocycles. The van der Waals surface area contributed by atoms with Crippen LogP contribution in [-0.4, -0.2) is 64.9 Å². The summed E-state index contributed by atoms with van der Waals surface area (Å²) in [7, 11) is 6.61. The van der Waals surface area contributed by atoms with Gasteiger partial charge in [-0.25, -0.2) is 15.0 Å². The van der Waals surface area contributed by atoms with E-state index in [1.807, 2.05) is 49.3 Å². The van der Waals surface area contributed by atoms with Crippen LogP contribution in [0.4, 0.5) is 17.2 Å². The molecule has 2 aromatic heterocycles. The molecule has 0 bridgehead atoms. The van der Waals surface area contributed by atoms with Crippen molar-refractivity contribution in [2.24, 2.45) is 4.99 Å². The molecule has 0 saturated carbocycles. The van der Waals surface area contributed by atoms with Crippen LogP contribution in [-0.2, 0) is 0 Å². The fourth-order valence-electron chi connectivity index (χ4n) is 5.72. The van der Waals surface area contributed by atoms with E-state index >= 15 is 0 Å². The molecule has 10 heteroatoms. The molecule has 3 aromatic rings. The molecular formula is C32H35BBrN7S. The number of nitrogen functional groups attached to an aromatic ring is 1. The minimum absolute atomic E-state index is 0.152. The van der Waals surface area contributed by atoms with Gasteiger partial charge >= 0.3 is 0 Å². The van der Waals surface area contributed by atoms with Crippen LogP contribution in [0.1, 0.15) is 30.5 Å². The Hall–Kier alpha value is -3.50. The summed E-state index contributed by atoms with van der Waals surface area (Å²) in [5.74, 6) is 2.09. The number of anilines is 3. The molecule has 42 heavy (non-hydrogen) atoms. The summed E-state index contributed by atoms with van der Waals surface area (Å²) < 4.78 is 0.678. The highest BCUT2D eigenvalue weighted by Gasteiger charge is 2.37. The summed E-state index contributed by atoms with van der Waals surface area (Å²) >= 11 is 5.32. The average molecular weight is 640 g/mol.